The number of hydrogen-bond acceptors (Lipinski definition) is 3. The van der Waals surface area contributed by atoms with Crippen LogP contribution in [0, 0.1) is 0 Å². The van der Waals surface area contributed by atoms with E-state index in [1.165, 1.54) is 0 Å². The predicted octanol–water partition coefficient (Wildman–Crippen LogP) is 2.22. The molecular weight excluding hydrogens is 256 g/mol. The second-order valence-corrected chi connectivity index (χ2v) is 4.72. The van der Waals surface area contributed by atoms with Gasteiger partial charge in [-0.3, -0.25) is 4.98 Å². The molecule has 19 heavy (non-hydrogen) atoms. The molecule has 0 aliphatic heterocycles. The maximum Gasteiger partial charge on any atom is 0.137 e. The average Bonchev–Trinajstić information content (AvgIpc) is 2.78. The fourth-order valence-electron chi connectivity index (χ4n) is 2.09. The molecule has 3 aromatic rings. The first-order chi connectivity index (χ1) is 9.25. The van der Waals surface area contributed by atoms with Crippen LogP contribution in [0.1, 0.15) is 5.69 Å². The highest BCUT2D eigenvalue weighted by atomic mass is 32.1. The molecule has 0 saturated carbocycles. The van der Waals surface area contributed by atoms with Crippen molar-refractivity contribution in [1.82, 2.24) is 14.4 Å². The summed E-state index contributed by atoms with van der Waals surface area (Å²) in [6.45, 7) is 0. The van der Waals surface area contributed by atoms with Crippen LogP contribution in [0.4, 0.5) is 0 Å². The lowest BCUT2D eigenvalue weighted by molar-refractivity contribution is 1.07. The molecule has 0 radical (unpaired) electrons. The lowest BCUT2D eigenvalue weighted by Crippen LogP contribution is -2.13. The van der Waals surface area contributed by atoms with E-state index in [0.717, 1.165) is 22.7 Å². The van der Waals surface area contributed by atoms with Crippen LogP contribution in [0.2, 0.25) is 0 Å². The average molecular weight is 268 g/mol. The Morgan fingerprint density at radius 1 is 1.21 bits per heavy atom. The van der Waals surface area contributed by atoms with Crippen LogP contribution in [-0.4, -0.2) is 19.4 Å². The molecule has 0 aromatic carbocycles. The molecule has 0 unspecified atom stereocenters. The molecule has 3 aromatic heterocycles. The summed E-state index contributed by atoms with van der Waals surface area (Å²) in [4.78, 5) is 9.42. The number of aromatic nitrogens is 3. The van der Waals surface area contributed by atoms with Crippen molar-refractivity contribution in [3.63, 3.8) is 0 Å². The third-order valence-electron chi connectivity index (χ3n) is 2.88. The van der Waals surface area contributed by atoms with Gasteiger partial charge in [0.15, 0.2) is 0 Å². The summed E-state index contributed by atoms with van der Waals surface area (Å²) in [6, 6.07) is 11.6. The van der Waals surface area contributed by atoms with Crippen LogP contribution in [0.3, 0.4) is 0 Å². The number of hydrogen-bond donors (Lipinski definition) is 1. The summed E-state index contributed by atoms with van der Waals surface area (Å²) in [5.41, 5.74) is 9.20. The zero-order chi connectivity index (χ0) is 13.2. The predicted molar refractivity (Wildman–Crippen MR) is 78.9 cm³/mol. The van der Waals surface area contributed by atoms with Gasteiger partial charge < -0.3 is 10.1 Å². The van der Waals surface area contributed by atoms with Crippen molar-refractivity contribution in [2.24, 2.45) is 5.73 Å². The quantitative estimate of drug-likeness (QED) is 0.740. The fourth-order valence-corrected chi connectivity index (χ4v) is 2.23. The molecule has 5 heteroatoms. The molecule has 0 amide bonds. The number of imidazole rings is 1. The van der Waals surface area contributed by atoms with Crippen molar-refractivity contribution < 1.29 is 0 Å². The van der Waals surface area contributed by atoms with E-state index in [9.17, 15) is 0 Å². The number of nitrogens with two attached hydrogens (primary N) is 1. The number of fused-ring (bicyclic) bond motifs is 1. The van der Waals surface area contributed by atoms with Crippen molar-refractivity contribution in [1.29, 1.82) is 0 Å². The van der Waals surface area contributed by atoms with Gasteiger partial charge in [-0.25, -0.2) is 4.98 Å². The van der Waals surface area contributed by atoms with Crippen LogP contribution >= 0.6 is 12.2 Å². The van der Waals surface area contributed by atoms with Crippen LogP contribution < -0.4 is 5.73 Å². The summed E-state index contributed by atoms with van der Waals surface area (Å²) in [6.07, 6.45) is 4.22. The van der Waals surface area contributed by atoms with E-state index >= 15 is 0 Å². The molecule has 0 bridgehead atoms. The molecule has 0 fully saturated rings. The molecule has 94 valence electrons. The number of nitrogens with zero attached hydrogens (tertiary/aromatic N) is 3. The van der Waals surface area contributed by atoms with Crippen LogP contribution in [-0.2, 0) is 6.42 Å². The first-order valence-electron chi connectivity index (χ1n) is 5.91. The van der Waals surface area contributed by atoms with Gasteiger partial charge in [-0.05, 0) is 24.3 Å². The second kappa shape index (κ2) is 4.78. The van der Waals surface area contributed by atoms with Crippen LogP contribution in [0.15, 0.2) is 48.8 Å². The SMILES string of the molecule is NC(=S)Cc1c(-c2ccccn2)nc2ccccn12. The fraction of sp³-hybridized carbons (Fsp3) is 0.0714. The Bertz CT molecular complexity index is 734. The van der Waals surface area contributed by atoms with Gasteiger partial charge in [-0.15, -0.1) is 0 Å². The Morgan fingerprint density at radius 3 is 2.79 bits per heavy atom. The summed E-state index contributed by atoms with van der Waals surface area (Å²) < 4.78 is 2.00. The Kier molecular flexibility index (Phi) is 2.97. The van der Waals surface area contributed by atoms with E-state index in [0.29, 0.717) is 11.4 Å². The van der Waals surface area contributed by atoms with Crippen LogP contribution in [0.25, 0.3) is 17.0 Å². The van der Waals surface area contributed by atoms with Gasteiger partial charge in [0.2, 0.25) is 0 Å². The molecule has 0 atom stereocenters. The Hall–Kier alpha value is -2.27. The highest BCUT2D eigenvalue weighted by molar-refractivity contribution is 7.80. The molecule has 0 saturated heterocycles. The van der Waals surface area contributed by atoms with Crippen molar-refractivity contribution in [3.8, 4) is 11.4 Å². The number of thiocarbonyl (C=S) groups is 1. The highest BCUT2D eigenvalue weighted by Crippen LogP contribution is 2.23. The van der Waals surface area contributed by atoms with Gasteiger partial charge in [0, 0.05) is 18.8 Å². The lowest BCUT2D eigenvalue weighted by Gasteiger charge is -2.03. The Morgan fingerprint density at radius 2 is 2.05 bits per heavy atom. The lowest BCUT2D eigenvalue weighted by atomic mass is 10.2. The first-order valence-corrected chi connectivity index (χ1v) is 6.32. The standard InChI is InChI=1S/C14H12N4S/c15-12(19)9-11-14(10-5-1-3-7-16-10)17-13-6-2-4-8-18(11)13/h1-8H,9H2,(H2,15,19). The van der Waals surface area contributed by atoms with Gasteiger partial charge in [0.05, 0.1) is 16.4 Å². The molecule has 4 nitrogen and oxygen atoms in total. The summed E-state index contributed by atoms with van der Waals surface area (Å²) in [5, 5.41) is 0. The van der Waals surface area contributed by atoms with E-state index in [4.69, 9.17) is 18.0 Å². The maximum absolute atomic E-state index is 5.69. The highest BCUT2D eigenvalue weighted by Gasteiger charge is 2.14. The first kappa shape index (κ1) is 11.8. The zero-order valence-electron chi connectivity index (χ0n) is 10.2. The molecule has 0 aliphatic rings. The maximum atomic E-state index is 5.69. The minimum atomic E-state index is 0.447. The molecule has 0 aliphatic carbocycles. The summed E-state index contributed by atoms with van der Waals surface area (Å²) >= 11 is 5.03. The molecule has 3 heterocycles. The second-order valence-electron chi connectivity index (χ2n) is 4.19. The van der Waals surface area contributed by atoms with Gasteiger partial charge >= 0.3 is 0 Å². The number of pyridine rings is 2. The minimum Gasteiger partial charge on any atom is -0.393 e. The Balaban J connectivity index is 2.26. The molecule has 3 rings (SSSR count). The van der Waals surface area contributed by atoms with Gasteiger partial charge in [-0.1, -0.05) is 24.4 Å². The largest absolute Gasteiger partial charge is 0.393 e. The van der Waals surface area contributed by atoms with Crippen molar-refractivity contribution in [2.75, 3.05) is 0 Å². The third-order valence-corrected chi connectivity index (χ3v) is 3.02. The monoisotopic (exact) mass is 268 g/mol. The normalized spacial score (nSPS) is 10.7. The van der Waals surface area contributed by atoms with Gasteiger partial charge in [-0.2, -0.15) is 0 Å². The van der Waals surface area contributed by atoms with Gasteiger partial charge in [0.25, 0.3) is 0 Å². The van der Waals surface area contributed by atoms with Crippen molar-refractivity contribution in [3.05, 3.63) is 54.5 Å². The van der Waals surface area contributed by atoms with Gasteiger partial charge in [0.1, 0.15) is 11.3 Å². The topological polar surface area (TPSA) is 56.2 Å². The van der Waals surface area contributed by atoms with E-state index in [1.807, 2.05) is 47.0 Å². The van der Waals surface area contributed by atoms with Crippen LogP contribution in [0.5, 0.6) is 0 Å². The zero-order valence-corrected chi connectivity index (χ0v) is 11.0. The molecule has 2 N–H and O–H groups in total. The smallest absolute Gasteiger partial charge is 0.137 e. The summed E-state index contributed by atoms with van der Waals surface area (Å²) in [5.74, 6) is 0. The summed E-state index contributed by atoms with van der Waals surface area (Å²) in [7, 11) is 0. The van der Waals surface area contributed by atoms with E-state index in [2.05, 4.69) is 9.97 Å². The van der Waals surface area contributed by atoms with E-state index in [-0.39, 0.29) is 0 Å². The van der Waals surface area contributed by atoms with Crippen molar-refractivity contribution >= 4 is 22.9 Å². The van der Waals surface area contributed by atoms with E-state index < -0.39 is 0 Å². The van der Waals surface area contributed by atoms with Crippen molar-refractivity contribution in [2.45, 2.75) is 6.42 Å². The Labute approximate surface area is 115 Å². The number of rotatable bonds is 3. The minimum absolute atomic E-state index is 0.447. The third kappa shape index (κ3) is 2.20. The molecular formula is C14H12N4S. The molecule has 0 spiro atoms. The van der Waals surface area contributed by atoms with E-state index in [1.54, 1.807) is 6.20 Å².